The van der Waals surface area contributed by atoms with Gasteiger partial charge >= 0.3 is 19.3 Å². The SMILES string of the molecule is CC(C)(C)OC(=O)N(C(=O)OC(C)(C)C)c1ncc(B2OC(C)(C)C(C)(C)O2)c2ccc(Cl)cc12. The largest absolute Gasteiger partial charge is 0.497 e. The van der Waals surface area contributed by atoms with Crippen LogP contribution < -0.4 is 10.4 Å². The van der Waals surface area contributed by atoms with Crippen LogP contribution in [0, 0.1) is 0 Å². The molecule has 0 spiro atoms. The van der Waals surface area contributed by atoms with E-state index < -0.39 is 41.7 Å². The molecule has 0 atom stereocenters. The van der Waals surface area contributed by atoms with Crippen molar-refractivity contribution in [3.8, 4) is 0 Å². The molecule has 35 heavy (non-hydrogen) atoms. The predicted octanol–water partition coefficient (Wildman–Crippen LogP) is 5.86. The second kappa shape index (κ2) is 8.94. The number of halogens is 1. The summed E-state index contributed by atoms with van der Waals surface area (Å²) >= 11 is 6.33. The number of fused-ring (bicyclic) bond motifs is 1. The third-order valence-electron chi connectivity index (χ3n) is 5.73. The third-order valence-corrected chi connectivity index (χ3v) is 5.97. The number of pyridine rings is 1. The van der Waals surface area contributed by atoms with Crippen molar-refractivity contribution in [1.29, 1.82) is 0 Å². The number of anilines is 1. The average molecular weight is 505 g/mol. The fourth-order valence-electron chi connectivity index (χ4n) is 3.42. The molecule has 1 aliphatic rings. The van der Waals surface area contributed by atoms with Crippen molar-refractivity contribution in [3.63, 3.8) is 0 Å². The van der Waals surface area contributed by atoms with E-state index in [1.54, 1.807) is 59.7 Å². The Morgan fingerprint density at radius 3 is 1.86 bits per heavy atom. The van der Waals surface area contributed by atoms with Crippen LogP contribution in [0.25, 0.3) is 10.8 Å². The van der Waals surface area contributed by atoms with Gasteiger partial charge in [-0.2, -0.15) is 4.90 Å². The van der Waals surface area contributed by atoms with Gasteiger partial charge < -0.3 is 18.8 Å². The van der Waals surface area contributed by atoms with Gasteiger partial charge in [-0.3, -0.25) is 0 Å². The van der Waals surface area contributed by atoms with Crippen LogP contribution in [0.4, 0.5) is 15.4 Å². The molecule has 8 nitrogen and oxygen atoms in total. The van der Waals surface area contributed by atoms with Crippen LogP contribution in [-0.4, -0.2) is 46.7 Å². The predicted molar refractivity (Wildman–Crippen MR) is 137 cm³/mol. The lowest BCUT2D eigenvalue weighted by molar-refractivity contribution is 0.00578. The van der Waals surface area contributed by atoms with E-state index in [0.29, 0.717) is 21.3 Å². The molecule has 190 valence electrons. The highest BCUT2D eigenvalue weighted by Gasteiger charge is 2.52. The molecule has 0 bridgehead atoms. The Morgan fingerprint density at radius 2 is 1.40 bits per heavy atom. The van der Waals surface area contributed by atoms with Crippen molar-refractivity contribution in [2.75, 3.05) is 4.90 Å². The standard InChI is InChI=1S/C25H34BClN2O6/c1-22(2,3)32-20(30)29(21(31)33-23(4,5)6)19-17-13-15(27)11-12-16(17)18(14-28-19)26-34-24(7,8)25(9,10)35-26/h11-14H,1-10H3. The Bertz CT molecular complexity index is 1110. The zero-order valence-electron chi connectivity index (χ0n) is 22.1. The first kappa shape index (κ1) is 27.2. The molecular formula is C25H34BClN2O6. The van der Waals surface area contributed by atoms with E-state index in [-0.39, 0.29) is 5.82 Å². The van der Waals surface area contributed by atoms with E-state index in [0.717, 1.165) is 4.90 Å². The molecule has 0 aliphatic carbocycles. The number of aromatic nitrogens is 1. The quantitative estimate of drug-likeness (QED) is 0.473. The van der Waals surface area contributed by atoms with Crippen molar-refractivity contribution < 1.29 is 28.4 Å². The zero-order chi connectivity index (χ0) is 26.6. The Morgan fingerprint density at radius 1 is 0.914 bits per heavy atom. The molecule has 2 amide bonds. The van der Waals surface area contributed by atoms with Gasteiger partial charge in [0, 0.05) is 22.1 Å². The molecule has 1 aromatic heterocycles. The molecule has 1 saturated heterocycles. The summed E-state index contributed by atoms with van der Waals surface area (Å²) < 4.78 is 23.5. The zero-order valence-corrected chi connectivity index (χ0v) is 22.9. The number of nitrogens with zero attached hydrogens (tertiary/aromatic N) is 2. The molecule has 0 N–H and O–H groups in total. The van der Waals surface area contributed by atoms with Crippen molar-refractivity contribution in [3.05, 3.63) is 29.4 Å². The molecule has 1 aliphatic heterocycles. The molecule has 0 saturated carbocycles. The Hall–Kier alpha value is -2.36. The van der Waals surface area contributed by atoms with Crippen LogP contribution in [0.5, 0.6) is 0 Å². The number of hydrogen-bond acceptors (Lipinski definition) is 7. The second-order valence-corrected chi connectivity index (χ2v) is 12.0. The highest BCUT2D eigenvalue weighted by molar-refractivity contribution is 6.65. The van der Waals surface area contributed by atoms with Crippen molar-refractivity contribution >= 4 is 53.0 Å². The Kier molecular flexibility index (Phi) is 6.96. The number of amides is 2. The topological polar surface area (TPSA) is 87.2 Å². The first-order chi connectivity index (χ1) is 15.8. The van der Waals surface area contributed by atoms with Crippen LogP contribution in [0.15, 0.2) is 24.4 Å². The van der Waals surface area contributed by atoms with Crippen molar-refractivity contribution in [2.24, 2.45) is 0 Å². The van der Waals surface area contributed by atoms with Gasteiger partial charge in [0.1, 0.15) is 11.2 Å². The lowest BCUT2D eigenvalue weighted by Gasteiger charge is -2.32. The van der Waals surface area contributed by atoms with E-state index in [1.165, 1.54) is 6.20 Å². The molecule has 10 heteroatoms. The van der Waals surface area contributed by atoms with Gasteiger partial charge in [0.2, 0.25) is 0 Å². The van der Waals surface area contributed by atoms with E-state index in [4.69, 9.17) is 30.4 Å². The van der Waals surface area contributed by atoms with Gasteiger partial charge in [-0.05, 0) is 86.8 Å². The summed E-state index contributed by atoms with van der Waals surface area (Å²) in [4.78, 5) is 31.7. The van der Waals surface area contributed by atoms with E-state index in [9.17, 15) is 9.59 Å². The van der Waals surface area contributed by atoms with Crippen LogP contribution >= 0.6 is 11.6 Å². The Labute approximate surface area is 212 Å². The van der Waals surface area contributed by atoms with Gasteiger partial charge in [0.05, 0.1) is 11.2 Å². The summed E-state index contributed by atoms with van der Waals surface area (Å²) in [5, 5.41) is 1.51. The maximum absolute atomic E-state index is 13.2. The van der Waals surface area contributed by atoms with E-state index in [2.05, 4.69) is 4.98 Å². The van der Waals surface area contributed by atoms with Crippen LogP contribution in [0.3, 0.4) is 0 Å². The highest BCUT2D eigenvalue weighted by atomic mass is 35.5. The molecule has 0 unspecified atom stereocenters. The molecular weight excluding hydrogens is 471 g/mol. The summed E-state index contributed by atoms with van der Waals surface area (Å²) in [6.45, 7) is 18.1. The average Bonchev–Trinajstić information content (AvgIpc) is 2.86. The fraction of sp³-hybridized carbons (Fsp3) is 0.560. The summed E-state index contributed by atoms with van der Waals surface area (Å²) in [6.07, 6.45) is -0.289. The van der Waals surface area contributed by atoms with Crippen LogP contribution in [0.2, 0.25) is 5.02 Å². The number of imide groups is 1. The minimum absolute atomic E-state index is 0.0336. The number of benzene rings is 1. The van der Waals surface area contributed by atoms with E-state index >= 15 is 0 Å². The minimum Gasteiger partial charge on any atom is -0.443 e. The fourth-order valence-corrected chi connectivity index (χ4v) is 3.59. The monoisotopic (exact) mass is 504 g/mol. The summed E-state index contributed by atoms with van der Waals surface area (Å²) in [5.41, 5.74) is -2.18. The van der Waals surface area contributed by atoms with Gasteiger partial charge in [-0.25, -0.2) is 14.6 Å². The molecule has 1 fully saturated rings. The van der Waals surface area contributed by atoms with E-state index in [1.807, 2.05) is 27.7 Å². The number of carbonyl (C=O) groups is 2. The van der Waals surface area contributed by atoms with Crippen molar-refractivity contribution in [2.45, 2.75) is 91.6 Å². The van der Waals surface area contributed by atoms with Crippen LogP contribution in [-0.2, 0) is 18.8 Å². The summed E-state index contributed by atoms with van der Waals surface area (Å²) in [7, 11) is -0.707. The number of carbonyl (C=O) groups excluding carboxylic acids is 2. The lowest BCUT2D eigenvalue weighted by Crippen LogP contribution is -2.44. The Balaban J connectivity index is 2.19. The third kappa shape index (κ3) is 5.90. The summed E-state index contributed by atoms with van der Waals surface area (Å²) in [5.74, 6) is 0.0336. The van der Waals surface area contributed by atoms with Gasteiger partial charge in [0.25, 0.3) is 0 Å². The second-order valence-electron chi connectivity index (χ2n) is 11.6. The summed E-state index contributed by atoms with van der Waals surface area (Å²) in [6, 6.07) is 5.13. The maximum Gasteiger partial charge on any atom is 0.497 e. The van der Waals surface area contributed by atoms with Gasteiger partial charge in [-0.15, -0.1) is 0 Å². The number of rotatable bonds is 2. The van der Waals surface area contributed by atoms with Gasteiger partial charge in [-0.1, -0.05) is 17.7 Å². The number of ether oxygens (including phenoxy) is 2. The smallest absolute Gasteiger partial charge is 0.443 e. The first-order valence-corrected chi connectivity index (χ1v) is 11.9. The molecule has 0 radical (unpaired) electrons. The minimum atomic E-state index is -0.913. The highest BCUT2D eigenvalue weighted by Crippen LogP contribution is 2.38. The van der Waals surface area contributed by atoms with Gasteiger partial charge in [0.15, 0.2) is 5.82 Å². The maximum atomic E-state index is 13.2. The molecule has 1 aromatic carbocycles. The molecule has 2 aromatic rings. The van der Waals surface area contributed by atoms with Crippen molar-refractivity contribution in [1.82, 2.24) is 4.98 Å². The molecule has 3 rings (SSSR count). The molecule has 2 heterocycles. The normalized spacial score (nSPS) is 17.4. The first-order valence-electron chi connectivity index (χ1n) is 11.5. The van der Waals surface area contributed by atoms with Crippen LogP contribution in [0.1, 0.15) is 69.2 Å². The number of hydrogen-bond donors (Lipinski definition) is 0. The lowest BCUT2D eigenvalue weighted by atomic mass is 9.77.